The Bertz CT molecular complexity index is 890. The summed E-state index contributed by atoms with van der Waals surface area (Å²) in [5, 5.41) is 5.43. The third kappa shape index (κ3) is 4.29. The first-order valence-electron chi connectivity index (χ1n) is 8.62. The summed E-state index contributed by atoms with van der Waals surface area (Å²) in [6.07, 6.45) is 0.0293. The molecule has 0 aliphatic carbocycles. The number of para-hydroxylation sites is 1. The van der Waals surface area contributed by atoms with E-state index in [1.807, 2.05) is 42.6 Å². The second kappa shape index (κ2) is 8.15. The van der Waals surface area contributed by atoms with Gasteiger partial charge in [-0.3, -0.25) is 10.1 Å². The quantitative estimate of drug-likeness (QED) is 0.650. The molecule has 1 heterocycles. The number of aryl methyl sites for hydroxylation is 2. The van der Waals surface area contributed by atoms with Crippen molar-refractivity contribution >= 4 is 22.4 Å². The maximum atomic E-state index is 12.5. The topological polar surface area (TPSA) is 51.2 Å². The fraction of sp³-hybridized carbons (Fsp3) is 0.238. The standard InChI is InChI=1S/C21H22N2O2S/c1-4-19(25-16-8-6-5-7-9-16)20(24)23-21-22-18(13-26-21)17-11-10-14(2)12-15(17)3/h5-13,19H,4H2,1-3H3,(H,22,23,24)/t19-/m1/s1. The number of hydrogen-bond donors (Lipinski definition) is 1. The molecule has 0 unspecified atom stereocenters. The van der Waals surface area contributed by atoms with Gasteiger partial charge < -0.3 is 4.74 Å². The third-order valence-electron chi connectivity index (χ3n) is 4.08. The predicted molar refractivity (Wildman–Crippen MR) is 107 cm³/mol. The lowest BCUT2D eigenvalue weighted by Crippen LogP contribution is -2.32. The Labute approximate surface area is 157 Å². The van der Waals surface area contributed by atoms with Crippen molar-refractivity contribution in [3.05, 3.63) is 65.0 Å². The average molecular weight is 366 g/mol. The van der Waals surface area contributed by atoms with E-state index in [2.05, 4.69) is 42.3 Å². The number of ether oxygens (including phenoxy) is 1. The maximum Gasteiger partial charge on any atom is 0.267 e. The summed E-state index contributed by atoms with van der Waals surface area (Å²) < 4.78 is 5.79. The van der Waals surface area contributed by atoms with E-state index >= 15 is 0 Å². The van der Waals surface area contributed by atoms with Crippen LogP contribution >= 0.6 is 11.3 Å². The molecule has 4 nitrogen and oxygen atoms in total. The third-order valence-corrected chi connectivity index (χ3v) is 4.83. The summed E-state index contributed by atoms with van der Waals surface area (Å²) >= 11 is 1.42. The lowest BCUT2D eigenvalue weighted by Gasteiger charge is -2.16. The highest BCUT2D eigenvalue weighted by Gasteiger charge is 2.20. The van der Waals surface area contributed by atoms with Gasteiger partial charge in [0, 0.05) is 10.9 Å². The second-order valence-electron chi connectivity index (χ2n) is 6.17. The molecule has 0 saturated carbocycles. The molecule has 5 heteroatoms. The van der Waals surface area contributed by atoms with Crippen LogP contribution in [0, 0.1) is 13.8 Å². The summed E-state index contributed by atoms with van der Waals surface area (Å²) in [6, 6.07) is 15.6. The fourth-order valence-electron chi connectivity index (χ4n) is 2.73. The van der Waals surface area contributed by atoms with Crippen molar-refractivity contribution in [2.45, 2.75) is 33.3 Å². The average Bonchev–Trinajstić information content (AvgIpc) is 3.08. The molecule has 0 aliphatic rings. The zero-order chi connectivity index (χ0) is 18.5. The van der Waals surface area contributed by atoms with E-state index in [0.717, 1.165) is 11.3 Å². The highest BCUT2D eigenvalue weighted by Crippen LogP contribution is 2.28. The minimum atomic E-state index is -0.550. The molecular weight excluding hydrogens is 344 g/mol. The van der Waals surface area contributed by atoms with E-state index < -0.39 is 6.10 Å². The summed E-state index contributed by atoms with van der Waals surface area (Å²) in [5.41, 5.74) is 4.35. The Hall–Kier alpha value is -2.66. The highest BCUT2D eigenvalue weighted by atomic mass is 32.1. The van der Waals surface area contributed by atoms with Crippen molar-refractivity contribution in [3.8, 4) is 17.0 Å². The molecule has 0 aliphatic heterocycles. The Morgan fingerprint density at radius 2 is 1.96 bits per heavy atom. The molecule has 1 atom stereocenters. The Balaban J connectivity index is 1.70. The van der Waals surface area contributed by atoms with Gasteiger partial charge in [-0.1, -0.05) is 48.9 Å². The van der Waals surface area contributed by atoms with Crippen LogP contribution in [0.25, 0.3) is 11.3 Å². The highest BCUT2D eigenvalue weighted by molar-refractivity contribution is 7.14. The van der Waals surface area contributed by atoms with Crippen molar-refractivity contribution < 1.29 is 9.53 Å². The number of nitrogens with one attached hydrogen (secondary N) is 1. The van der Waals surface area contributed by atoms with Gasteiger partial charge in [-0.05, 0) is 38.0 Å². The lowest BCUT2D eigenvalue weighted by molar-refractivity contribution is -0.122. The number of carbonyl (C=O) groups excluding carboxylic acids is 1. The van der Waals surface area contributed by atoms with Gasteiger partial charge in [0.25, 0.3) is 5.91 Å². The first-order chi connectivity index (χ1) is 12.6. The normalized spacial score (nSPS) is 11.8. The van der Waals surface area contributed by atoms with Gasteiger partial charge in [-0.25, -0.2) is 4.98 Å². The van der Waals surface area contributed by atoms with Crippen LogP contribution in [-0.2, 0) is 4.79 Å². The van der Waals surface area contributed by atoms with Crippen LogP contribution in [0.2, 0.25) is 0 Å². The van der Waals surface area contributed by atoms with E-state index in [0.29, 0.717) is 17.3 Å². The monoisotopic (exact) mass is 366 g/mol. The van der Waals surface area contributed by atoms with Gasteiger partial charge in [0.05, 0.1) is 5.69 Å². The van der Waals surface area contributed by atoms with Gasteiger partial charge in [0.15, 0.2) is 11.2 Å². The molecule has 26 heavy (non-hydrogen) atoms. The largest absolute Gasteiger partial charge is 0.481 e. The number of anilines is 1. The smallest absolute Gasteiger partial charge is 0.267 e. The minimum absolute atomic E-state index is 0.183. The van der Waals surface area contributed by atoms with Gasteiger partial charge in [0.2, 0.25) is 0 Å². The molecular formula is C21H22N2O2S. The molecule has 134 valence electrons. The van der Waals surface area contributed by atoms with Crippen LogP contribution in [0.3, 0.4) is 0 Å². The number of rotatable bonds is 6. The molecule has 1 aromatic heterocycles. The molecule has 0 bridgehead atoms. The van der Waals surface area contributed by atoms with Gasteiger partial charge in [-0.15, -0.1) is 11.3 Å². The minimum Gasteiger partial charge on any atom is -0.481 e. The van der Waals surface area contributed by atoms with Crippen molar-refractivity contribution in [1.82, 2.24) is 4.98 Å². The van der Waals surface area contributed by atoms with Gasteiger partial charge in [0.1, 0.15) is 5.75 Å². The first kappa shape index (κ1) is 18.1. The van der Waals surface area contributed by atoms with E-state index in [1.165, 1.54) is 22.5 Å². The first-order valence-corrected chi connectivity index (χ1v) is 9.50. The van der Waals surface area contributed by atoms with E-state index in [9.17, 15) is 4.79 Å². The lowest BCUT2D eigenvalue weighted by atomic mass is 10.0. The number of thiazole rings is 1. The molecule has 0 fully saturated rings. The predicted octanol–water partition coefficient (Wildman–Crippen LogP) is 5.22. The number of amides is 1. The molecule has 3 rings (SSSR count). The van der Waals surface area contributed by atoms with Gasteiger partial charge in [-0.2, -0.15) is 0 Å². The zero-order valence-corrected chi connectivity index (χ0v) is 16.0. The summed E-state index contributed by atoms with van der Waals surface area (Å²) in [7, 11) is 0. The van der Waals surface area contributed by atoms with Crippen LogP contribution in [0.15, 0.2) is 53.9 Å². The Morgan fingerprint density at radius 1 is 1.19 bits per heavy atom. The maximum absolute atomic E-state index is 12.5. The van der Waals surface area contributed by atoms with E-state index in [1.54, 1.807) is 0 Å². The Morgan fingerprint density at radius 3 is 2.65 bits per heavy atom. The number of benzene rings is 2. The summed E-state index contributed by atoms with van der Waals surface area (Å²) in [5.74, 6) is 0.502. The van der Waals surface area contributed by atoms with Crippen LogP contribution in [0.4, 0.5) is 5.13 Å². The van der Waals surface area contributed by atoms with Crippen LogP contribution < -0.4 is 10.1 Å². The molecule has 0 radical (unpaired) electrons. The molecule has 0 saturated heterocycles. The van der Waals surface area contributed by atoms with Crippen molar-refractivity contribution in [1.29, 1.82) is 0 Å². The molecule has 2 aromatic carbocycles. The molecule has 3 aromatic rings. The number of carbonyl (C=O) groups is 1. The number of aromatic nitrogens is 1. The zero-order valence-electron chi connectivity index (χ0n) is 15.2. The van der Waals surface area contributed by atoms with Crippen molar-refractivity contribution in [3.63, 3.8) is 0 Å². The molecule has 1 amide bonds. The molecule has 1 N–H and O–H groups in total. The number of nitrogens with zero attached hydrogens (tertiary/aromatic N) is 1. The fourth-order valence-corrected chi connectivity index (χ4v) is 3.44. The second-order valence-corrected chi connectivity index (χ2v) is 7.03. The van der Waals surface area contributed by atoms with Crippen molar-refractivity contribution in [2.75, 3.05) is 5.32 Å². The van der Waals surface area contributed by atoms with Crippen LogP contribution in [0.5, 0.6) is 5.75 Å². The summed E-state index contributed by atoms with van der Waals surface area (Å²) in [6.45, 7) is 6.07. The van der Waals surface area contributed by atoms with Gasteiger partial charge >= 0.3 is 0 Å². The number of hydrogen-bond acceptors (Lipinski definition) is 4. The van der Waals surface area contributed by atoms with E-state index in [4.69, 9.17) is 4.74 Å². The SMILES string of the molecule is CC[C@@H](Oc1ccccc1)C(=O)Nc1nc(-c2ccc(C)cc2C)cs1. The summed E-state index contributed by atoms with van der Waals surface area (Å²) in [4.78, 5) is 17.1. The van der Waals surface area contributed by atoms with Crippen LogP contribution in [-0.4, -0.2) is 17.0 Å². The van der Waals surface area contributed by atoms with Crippen LogP contribution in [0.1, 0.15) is 24.5 Å². The van der Waals surface area contributed by atoms with Crippen molar-refractivity contribution in [2.24, 2.45) is 0 Å². The molecule has 0 spiro atoms. The van der Waals surface area contributed by atoms with E-state index in [-0.39, 0.29) is 5.91 Å². The Kier molecular flexibility index (Phi) is 5.68.